The molecule has 1 heterocycles. The van der Waals surface area contributed by atoms with Gasteiger partial charge in [0.25, 0.3) is 10.2 Å². The second-order valence-corrected chi connectivity index (χ2v) is 6.67. The first-order chi connectivity index (χ1) is 7.48. The summed E-state index contributed by atoms with van der Waals surface area (Å²) >= 11 is 0. The average Bonchev–Trinajstić information content (AvgIpc) is 2.26. The highest BCUT2D eigenvalue weighted by Crippen LogP contribution is 2.22. The minimum Gasteiger partial charge on any atom is -0.320 e. The van der Waals surface area contributed by atoms with Crippen molar-refractivity contribution < 1.29 is 8.42 Å². The Labute approximate surface area is 111 Å². The van der Waals surface area contributed by atoms with E-state index >= 15 is 0 Å². The largest absolute Gasteiger partial charge is 0.320 e. The van der Waals surface area contributed by atoms with Gasteiger partial charge in [0.1, 0.15) is 0 Å². The second-order valence-electron chi connectivity index (χ2n) is 4.52. The van der Waals surface area contributed by atoms with Crippen molar-refractivity contribution in [1.29, 1.82) is 0 Å². The summed E-state index contributed by atoms with van der Waals surface area (Å²) in [5, 5.41) is 3.13. The SMILES string of the molecule is CNCCC1CCN(S(=O)(=O)N(C)C)CC1.Cl. The van der Waals surface area contributed by atoms with E-state index in [9.17, 15) is 8.42 Å². The van der Waals surface area contributed by atoms with Crippen LogP contribution in [0.2, 0.25) is 0 Å². The van der Waals surface area contributed by atoms with Gasteiger partial charge in [0.05, 0.1) is 0 Å². The zero-order valence-electron chi connectivity index (χ0n) is 10.8. The lowest BCUT2D eigenvalue weighted by Crippen LogP contribution is -2.44. The van der Waals surface area contributed by atoms with Gasteiger partial charge in [-0.3, -0.25) is 0 Å². The van der Waals surface area contributed by atoms with Gasteiger partial charge in [-0.1, -0.05) is 0 Å². The standard InChI is InChI=1S/C10H23N3O2S.ClH/c1-11-7-4-10-5-8-13(9-6-10)16(14,15)12(2)3;/h10-11H,4-9H2,1-3H3;1H. The second kappa shape index (κ2) is 7.53. The van der Waals surface area contributed by atoms with Gasteiger partial charge in [-0.15, -0.1) is 12.4 Å². The summed E-state index contributed by atoms with van der Waals surface area (Å²) < 4.78 is 26.6. The van der Waals surface area contributed by atoms with Gasteiger partial charge in [0.2, 0.25) is 0 Å². The van der Waals surface area contributed by atoms with Crippen molar-refractivity contribution in [3.63, 3.8) is 0 Å². The fraction of sp³-hybridized carbons (Fsp3) is 1.00. The number of rotatable bonds is 5. The Bertz CT molecular complexity index is 301. The molecule has 1 N–H and O–H groups in total. The van der Waals surface area contributed by atoms with Crippen LogP contribution in [0, 0.1) is 5.92 Å². The summed E-state index contributed by atoms with van der Waals surface area (Å²) in [6.07, 6.45) is 3.11. The molecule has 0 bridgehead atoms. The molecule has 7 heteroatoms. The molecule has 0 atom stereocenters. The Hall–Kier alpha value is 0.120. The lowest BCUT2D eigenvalue weighted by molar-refractivity contribution is 0.253. The van der Waals surface area contributed by atoms with E-state index in [2.05, 4.69) is 5.32 Å². The van der Waals surface area contributed by atoms with Gasteiger partial charge in [0, 0.05) is 27.2 Å². The molecule has 0 aromatic rings. The number of halogens is 1. The number of hydrogen-bond acceptors (Lipinski definition) is 3. The summed E-state index contributed by atoms with van der Waals surface area (Å²) in [6.45, 7) is 2.34. The highest BCUT2D eigenvalue weighted by atomic mass is 35.5. The maximum Gasteiger partial charge on any atom is 0.281 e. The molecular formula is C10H24ClN3O2S. The van der Waals surface area contributed by atoms with Crippen molar-refractivity contribution >= 4 is 22.6 Å². The van der Waals surface area contributed by atoms with Crippen LogP contribution < -0.4 is 5.32 Å². The van der Waals surface area contributed by atoms with Crippen LogP contribution in [0.25, 0.3) is 0 Å². The third kappa shape index (κ3) is 4.71. The van der Waals surface area contributed by atoms with E-state index in [0.29, 0.717) is 19.0 Å². The molecule has 0 spiro atoms. The molecule has 1 aliphatic heterocycles. The van der Waals surface area contributed by atoms with Gasteiger partial charge in [-0.25, -0.2) is 0 Å². The number of nitrogens with zero attached hydrogens (tertiary/aromatic N) is 2. The quantitative estimate of drug-likeness (QED) is 0.802. The maximum absolute atomic E-state index is 11.8. The minimum atomic E-state index is -3.19. The lowest BCUT2D eigenvalue weighted by Gasteiger charge is -2.32. The Morgan fingerprint density at radius 1 is 1.29 bits per heavy atom. The molecule has 0 aromatic heterocycles. The molecule has 104 valence electrons. The third-order valence-corrected chi connectivity index (χ3v) is 5.10. The first-order valence-electron chi connectivity index (χ1n) is 5.80. The first-order valence-corrected chi connectivity index (χ1v) is 7.20. The summed E-state index contributed by atoms with van der Waals surface area (Å²) in [6, 6.07) is 0. The van der Waals surface area contributed by atoms with Gasteiger partial charge < -0.3 is 5.32 Å². The molecule has 5 nitrogen and oxygen atoms in total. The van der Waals surface area contributed by atoms with Crippen LogP contribution in [0.15, 0.2) is 0 Å². The number of piperidine rings is 1. The maximum atomic E-state index is 11.8. The smallest absolute Gasteiger partial charge is 0.281 e. The number of nitrogens with one attached hydrogen (secondary N) is 1. The molecule has 1 rings (SSSR count). The van der Waals surface area contributed by atoms with Crippen LogP contribution in [0.4, 0.5) is 0 Å². The molecule has 0 amide bonds. The molecule has 0 saturated carbocycles. The normalized spacial score (nSPS) is 19.3. The molecule has 0 unspecified atom stereocenters. The molecule has 1 fully saturated rings. The molecular weight excluding hydrogens is 262 g/mol. The van der Waals surface area contributed by atoms with Gasteiger partial charge in [-0.2, -0.15) is 17.0 Å². The van der Waals surface area contributed by atoms with Crippen LogP contribution in [0.3, 0.4) is 0 Å². The third-order valence-electron chi connectivity index (χ3n) is 3.16. The van der Waals surface area contributed by atoms with Crippen LogP contribution in [-0.2, 0) is 10.2 Å². The van der Waals surface area contributed by atoms with Gasteiger partial charge in [0.15, 0.2) is 0 Å². The first kappa shape index (κ1) is 17.1. The molecule has 0 aromatic carbocycles. The Balaban J connectivity index is 0.00000256. The zero-order chi connectivity index (χ0) is 12.2. The predicted octanol–water partition coefficient (Wildman–Crippen LogP) is 0.536. The van der Waals surface area contributed by atoms with Crippen molar-refractivity contribution in [2.75, 3.05) is 40.8 Å². The monoisotopic (exact) mass is 285 g/mol. The van der Waals surface area contributed by atoms with E-state index in [0.717, 1.165) is 25.8 Å². The molecule has 17 heavy (non-hydrogen) atoms. The average molecular weight is 286 g/mol. The van der Waals surface area contributed by atoms with E-state index in [1.54, 1.807) is 18.4 Å². The summed E-state index contributed by atoms with van der Waals surface area (Å²) in [5.41, 5.74) is 0. The van der Waals surface area contributed by atoms with Crippen LogP contribution >= 0.6 is 12.4 Å². The highest BCUT2D eigenvalue weighted by Gasteiger charge is 2.28. The van der Waals surface area contributed by atoms with E-state index in [1.807, 2.05) is 7.05 Å². The fourth-order valence-corrected chi connectivity index (χ4v) is 3.14. The Morgan fingerprint density at radius 2 is 1.82 bits per heavy atom. The molecule has 1 saturated heterocycles. The minimum absolute atomic E-state index is 0. The predicted molar refractivity (Wildman–Crippen MR) is 72.7 cm³/mol. The Kier molecular flexibility index (Phi) is 7.58. The van der Waals surface area contributed by atoms with Gasteiger partial charge in [-0.05, 0) is 38.8 Å². The van der Waals surface area contributed by atoms with Crippen LogP contribution in [0.5, 0.6) is 0 Å². The van der Waals surface area contributed by atoms with E-state index in [-0.39, 0.29) is 12.4 Å². The van der Waals surface area contributed by atoms with Crippen molar-refractivity contribution in [3.05, 3.63) is 0 Å². The van der Waals surface area contributed by atoms with Crippen molar-refractivity contribution in [2.24, 2.45) is 5.92 Å². The van der Waals surface area contributed by atoms with E-state index < -0.39 is 10.2 Å². The number of hydrogen-bond donors (Lipinski definition) is 1. The lowest BCUT2D eigenvalue weighted by atomic mass is 9.95. The van der Waals surface area contributed by atoms with Crippen molar-refractivity contribution in [2.45, 2.75) is 19.3 Å². The summed E-state index contributed by atoms with van der Waals surface area (Å²) in [4.78, 5) is 0. The van der Waals surface area contributed by atoms with E-state index in [1.165, 1.54) is 4.31 Å². The molecule has 0 radical (unpaired) electrons. The fourth-order valence-electron chi connectivity index (χ4n) is 2.01. The van der Waals surface area contributed by atoms with Crippen LogP contribution in [-0.4, -0.2) is 57.8 Å². The molecule has 0 aliphatic carbocycles. The molecule has 1 aliphatic rings. The Morgan fingerprint density at radius 3 is 2.24 bits per heavy atom. The van der Waals surface area contributed by atoms with Crippen LogP contribution in [0.1, 0.15) is 19.3 Å². The summed E-state index contributed by atoms with van der Waals surface area (Å²) in [5.74, 6) is 0.668. The van der Waals surface area contributed by atoms with Gasteiger partial charge >= 0.3 is 0 Å². The van der Waals surface area contributed by atoms with E-state index in [4.69, 9.17) is 0 Å². The highest BCUT2D eigenvalue weighted by molar-refractivity contribution is 7.86. The van der Waals surface area contributed by atoms with Crippen molar-refractivity contribution in [3.8, 4) is 0 Å². The zero-order valence-corrected chi connectivity index (χ0v) is 12.5. The summed E-state index contributed by atoms with van der Waals surface area (Å²) in [7, 11) is 1.93. The topological polar surface area (TPSA) is 52.7 Å². The van der Waals surface area contributed by atoms with Crippen molar-refractivity contribution in [1.82, 2.24) is 13.9 Å².